The van der Waals surface area contributed by atoms with Crippen LogP contribution in [0.1, 0.15) is 17.3 Å². The van der Waals surface area contributed by atoms with E-state index in [4.69, 9.17) is 0 Å². The number of carbonyl (C=O) groups excluding carboxylic acids is 2. The van der Waals surface area contributed by atoms with Crippen molar-refractivity contribution in [3.8, 4) is 5.69 Å². The van der Waals surface area contributed by atoms with Crippen LogP contribution in [0.15, 0.2) is 52.7 Å². The van der Waals surface area contributed by atoms with E-state index in [0.29, 0.717) is 31.7 Å². The van der Waals surface area contributed by atoms with Crippen molar-refractivity contribution < 1.29 is 14.0 Å². The largest absolute Gasteiger partial charge is 0.337 e. The number of aliphatic imine (C=N–C) groups is 2. The van der Waals surface area contributed by atoms with Gasteiger partial charge in [-0.1, -0.05) is 6.07 Å². The van der Waals surface area contributed by atoms with E-state index in [1.165, 1.54) is 6.92 Å². The predicted molar refractivity (Wildman–Crippen MR) is 101 cm³/mol. The molecule has 0 spiro atoms. The molecular formula is C19H19FN6O2. The minimum Gasteiger partial charge on any atom is -0.337 e. The Balaban J connectivity index is 1.43. The lowest BCUT2D eigenvalue weighted by atomic mass is 10.1. The standard InChI is InChI=1S/C19H19FN6O2/c1-13-16(20)17(27)23-19(22-13)25-10-8-24(9-11-25)18(28)14-4-2-5-15(12-14)26-7-3-6-21-26/h2-7,12,16H,8-11H2,1H3. The fourth-order valence-corrected chi connectivity index (χ4v) is 3.21. The summed E-state index contributed by atoms with van der Waals surface area (Å²) in [5.74, 6) is -0.667. The molecule has 2 aromatic rings. The van der Waals surface area contributed by atoms with Crippen LogP contribution >= 0.6 is 0 Å². The fraction of sp³-hybridized carbons (Fsp3) is 0.316. The van der Waals surface area contributed by atoms with E-state index < -0.39 is 12.1 Å². The van der Waals surface area contributed by atoms with E-state index in [2.05, 4.69) is 15.1 Å². The third-order valence-corrected chi connectivity index (χ3v) is 4.78. The van der Waals surface area contributed by atoms with E-state index in [1.54, 1.807) is 32.8 Å². The Kier molecular flexibility index (Phi) is 4.72. The number of aromatic nitrogens is 2. The van der Waals surface area contributed by atoms with Crippen LogP contribution in [0.4, 0.5) is 4.39 Å². The number of alkyl halides is 1. The zero-order valence-corrected chi connectivity index (χ0v) is 15.3. The quantitative estimate of drug-likeness (QED) is 0.784. The summed E-state index contributed by atoms with van der Waals surface area (Å²) in [6.45, 7) is 3.36. The second-order valence-electron chi connectivity index (χ2n) is 6.65. The summed E-state index contributed by atoms with van der Waals surface area (Å²) < 4.78 is 15.2. The maximum Gasteiger partial charge on any atom is 0.289 e. The number of benzene rings is 1. The molecule has 9 heteroatoms. The van der Waals surface area contributed by atoms with Crippen LogP contribution in [0.3, 0.4) is 0 Å². The Morgan fingerprint density at radius 3 is 2.61 bits per heavy atom. The summed E-state index contributed by atoms with van der Waals surface area (Å²) in [6, 6.07) is 9.12. The third-order valence-electron chi connectivity index (χ3n) is 4.78. The number of hydrogen-bond acceptors (Lipinski definition) is 5. The molecule has 1 saturated heterocycles. The summed E-state index contributed by atoms with van der Waals surface area (Å²) in [5, 5.41) is 4.18. The highest BCUT2D eigenvalue weighted by Gasteiger charge is 2.30. The number of guanidine groups is 1. The van der Waals surface area contributed by atoms with Crippen molar-refractivity contribution in [3.05, 3.63) is 48.3 Å². The van der Waals surface area contributed by atoms with Crippen LogP contribution in [-0.4, -0.2) is 75.4 Å². The van der Waals surface area contributed by atoms with Gasteiger partial charge in [0.1, 0.15) is 0 Å². The highest BCUT2D eigenvalue weighted by atomic mass is 19.1. The monoisotopic (exact) mass is 382 g/mol. The SMILES string of the molecule is CC1=NC(N2CCN(C(=O)c3cccc(-n4cccn4)c3)CC2)=NC(=O)C1F. The van der Waals surface area contributed by atoms with Crippen molar-refractivity contribution in [3.63, 3.8) is 0 Å². The lowest BCUT2D eigenvalue weighted by molar-refractivity contribution is -0.120. The van der Waals surface area contributed by atoms with Crippen molar-refractivity contribution >= 4 is 23.5 Å². The fourth-order valence-electron chi connectivity index (χ4n) is 3.21. The van der Waals surface area contributed by atoms with E-state index in [-0.39, 0.29) is 17.6 Å². The molecule has 4 rings (SSSR count). The van der Waals surface area contributed by atoms with Gasteiger partial charge in [0.2, 0.25) is 12.1 Å². The van der Waals surface area contributed by atoms with Gasteiger partial charge in [-0.3, -0.25) is 9.59 Å². The molecule has 0 radical (unpaired) electrons. The molecule has 144 valence electrons. The van der Waals surface area contributed by atoms with E-state index in [1.807, 2.05) is 24.4 Å². The second-order valence-corrected chi connectivity index (χ2v) is 6.65. The van der Waals surface area contributed by atoms with Crippen LogP contribution in [0.5, 0.6) is 0 Å². The van der Waals surface area contributed by atoms with Crippen molar-refractivity contribution in [2.45, 2.75) is 13.1 Å². The first kappa shape index (κ1) is 18.0. The number of carbonyl (C=O) groups is 2. The van der Waals surface area contributed by atoms with Gasteiger partial charge in [0.15, 0.2) is 0 Å². The lowest BCUT2D eigenvalue weighted by Gasteiger charge is -2.35. The second kappa shape index (κ2) is 7.34. The molecular weight excluding hydrogens is 363 g/mol. The zero-order valence-electron chi connectivity index (χ0n) is 15.3. The molecule has 0 aliphatic carbocycles. The Bertz CT molecular complexity index is 961. The molecule has 0 N–H and O–H groups in total. The first-order valence-electron chi connectivity index (χ1n) is 8.99. The van der Waals surface area contributed by atoms with Gasteiger partial charge in [-0.15, -0.1) is 0 Å². The van der Waals surface area contributed by atoms with Crippen LogP contribution < -0.4 is 0 Å². The molecule has 1 aromatic heterocycles. The third kappa shape index (κ3) is 3.42. The Morgan fingerprint density at radius 2 is 1.93 bits per heavy atom. The van der Waals surface area contributed by atoms with Gasteiger partial charge in [-0.2, -0.15) is 10.1 Å². The van der Waals surface area contributed by atoms with Crippen molar-refractivity contribution in [2.75, 3.05) is 26.2 Å². The van der Waals surface area contributed by atoms with E-state index >= 15 is 0 Å². The number of halogens is 1. The summed E-state index contributed by atoms with van der Waals surface area (Å²) >= 11 is 0. The first-order chi connectivity index (χ1) is 13.5. The van der Waals surface area contributed by atoms with Gasteiger partial charge in [-0.25, -0.2) is 14.1 Å². The summed E-state index contributed by atoms with van der Waals surface area (Å²) in [5.41, 5.74) is 1.51. The molecule has 28 heavy (non-hydrogen) atoms. The first-order valence-corrected chi connectivity index (χ1v) is 8.99. The smallest absolute Gasteiger partial charge is 0.289 e. The number of rotatable bonds is 2. The van der Waals surface area contributed by atoms with Gasteiger partial charge in [0.05, 0.1) is 11.4 Å². The molecule has 0 bridgehead atoms. The van der Waals surface area contributed by atoms with Gasteiger partial charge < -0.3 is 9.80 Å². The van der Waals surface area contributed by atoms with Gasteiger partial charge >= 0.3 is 0 Å². The number of nitrogens with zero attached hydrogens (tertiary/aromatic N) is 6. The average Bonchev–Trinajstić information content (AvgIpc) is 3.26. The maximum absolute atomic E-state index is 13.5. The van der Waals surface area contributed by atoms with Crippen LogP contribution in [0.25, 0.3) is 5.69 Å². The molecule has 0 saturated carbocycles. The Hall–Kier alpha value is -3.36. The molecule has 1 fully saturated rings. The normalized spacial score (nSPS) is 20.1. The zero-order chi connectivity index (χ0) is 19.7. The van der Waals surface area contributed by atoms with E-state index in [0.717, 1.165) is 5.69 Å². The van der Waals surface area contributed by atoms with E-state index in [9.17, 15) is 14.0 Å². The highest BCUT2D eigenvalue weighted by Crippen LogP contribution is 2.15. The maximum atomic E-state index is 13.5. The molecule has 1 unspecified atom stereocenters. The molecule has 1 aromatic carbocycles. The summed E-state index contributed by atoms with van der Waals surface area (Å²) in [4.78, 5) is 35.8. The van der Waals surface area contributed by atoms with Crippen molar-refractivity contribution in [1.82, 2.24) is 19.6 Å². The average molecular weight is 382 g/mol. The molecule has 1 atom stereocenters. The number of amides is 2. The van der Waals surface area contributed by atoms with Gasteiger partial charge in [0, 0.05) is 44.1 Å². The molecule has 3 heterocycles. The van der Waals surface area contributed by atoms with Crippen molar-refractivity contribution in [2.24, 2.45) is 9.98 Å². The van der Waals surface area contributed by atoms with Crippen LogP contribution in [-0.2, 0) is 4.79 Å². The molecule has 8 nitrogen and oxygen atoms in total. The highest BCUT2D eigenvalue weighted by molar-refractivity contribution is 6.16. The molecule has 2 aliphatic heterocycles. The molecule has 2 amide bonds. The topological polar surface area (TPSA) is 83.2 Å². The van der Waals surface area contributed by atoms with Gasteiger partial charge in [0.25, 0.3) is 11.8 Å². The predicted octanol–water partition coefficient (Wildman–Crippen LogP) is 1.33. The van der Waals surface area contributed by atoms with Crippen LogP contribution in [0, 0.1) is 0 Å². The van der Waals surface area contributed by atoms with Gasteiger partial charge in [-0.05, 0) is 31.2 Å². The summed E-state index contributed by atoms with van der Waals surface area (Å²) in [7, 11) is 0. The lowest BCUT2D eigenvalue weighted by Crippen LogP contribution is -2.51. The molecule has 2 aliphatic rings. The minimum atomic E-state index is -1.76. The number of hydrogen-bond donors (Lipinski definition) is 0. The summed E-state index contributed by atoms with van der Waals surface area (Å²) in [6.07, 6.45) is 1.74. The number of piperazine rings is 1. The van der Waals surface area contributed by atoms with Crippen LogP contribution in [0.2, 0.25) is 0 Å². The van der Waals surface area contributed by atoms with Crippen molar-refractivity contribution in [1.29, 1.82) is 0 Å². The Morgan fingerprint density at radius 1 is 1.14 bits per heavy atom. The Labute approximate surface area is 161 Å². The minimum absolute atomic E-state index is 0.0705.